The van der Waals surface area contributed by atoms with Crippen molar-refractivity contribution in [2.45, 2.75) is 39.1 Å². The molecule has 1 atom stereocenters. The fourth-order valence-corrected chi connectivity index (χ4v) is 1.70. The van der Waals surface area contributed by atoms with Crippen LogP contribution in [0.5, 0.6) is 0 Å². The third kappa shape index (κ3) is 7.96. The predicted octanol–water partition coefficient (Wildman–Crippen LogP) is 0.434. The van der Waals surface area contributed by atoms with Gasteiger partial charge in [0.15, 0.2) is 6.29 Å². The largest absolute Gasteiger partial charge is 0.399 e. The molecule has 0 heterocycles. The number of hydrogen-bond acceptors (Lipinski definition) is 7. The molecule has 0 saturated heterocycles. The zero-order chi connectivity index (χ0) is 14.2. The van der Waals surface area contributed by atoms with E-state index in [1.807, 2.05) is 0 Å². The van der Waals surface area contributed by atoms with E-state index in [1.165, 1.54) is 6.92 Å². The van der Waals surface area contributed by atoms with E-state index in [4.69, 9.17) is 9.47 Å². The SMILES string of the molecule is CCOC(CC(C)(O)COS(=O)(=O)OC)OCC. The van der Waals surface area contributed by atoms with E-state index in [9.17, 15) is 13.5 Å². The molecule has 0 aromatic heterocycles. The van der Waals surface area contributed by atoms with Crippen LogP contribution in [-0.2, 0) is 28.2 Å². The zero-order valence-electron chi connectivity index (χ0n) is 11.2. The molecule has 0 aliphatic heterocycles. The Morgan fingerprint density at radius 3 is 2.11 bits per heavy atom. The van der Waals surface area contributed by atoms with Crippen molar-refractivity contribution in [3.8, 4) is 0 Å². The molecule has 0 radical (unpaired) electrons. The number of hydrogen-bond donors (Lipinski definition) is 1. The Kier molecular flexibility index (Phi) is 7.92. The van der Waals surface area contributed by atoms with E-state index in [1.54, 1.807) is 13.8 Å². The van der Waals surface area contributed by atoms with Gasteiger partial charge in [-0.15, -0.1) is 0 Å². The summed E-state index contributed by atoms with van der Waals surface area (Å²) < 4.78 is 41.0. The van der Waals surface area contributed by atoms with Gasteiger partial charge in [0.2, 0.25) is 0 Å². The van der Waals surface area contributed by atoms with Gasteiger partial charge >= 0.3 is 10.4 Å². The van der Waals surface area contributed by atoms with Crippen molar-refractivity contribution in [3.63, 3.8) is 0 Å². The maximum Gasteiger partial charge on any atom is 0.399 e. The average molecular weight is 286 g/mol. The fraction of sp³-hybridized carbons (Fsp3) is 1.00. The second kappa shape index (κ2) is 8.03. The third-order valence-corrected chi connectivity index (χ3v) is 2.84. The highest BCUT2D eigenvalue weighted by molar-refractivity contribution is 7.81. The highest BCUT2D eigenvalue weighted by atomic mass is 32.3. The highest BCUT2D eigenvalue weighted by Gasteiger charge is 2.29. The first kappa shape index (κ1) is 17.8. The molecule has 8 heteroatoms. The van der Waals surface area contributed by atoms with Crippen molar-refractivity contribution in [1.29, 1.82) is 0 Å². The molecule has 0 fully saturated rings. The van der Waals surface area contributed by atoms with Gasteiger partial charge in [-0.05, 0) is 20.8 Å². The van der Waals surface area contributed by atoms with Crippen LogP contribution in [0.15, 0.2) is 0 Å². The third-order valence-electron chi connectivity index (χ3n) is 2.03. The Labute approximate surface area is 108 Å². The Morgan fingerprint density at radius 1 is 1.22 bits per heavy atom. The molecular formula is C10H22O7S. The Morgan fingerprint density at radius 2 is 1.72 bits per heavy atom. The lowest BCUT2D eigenvalue weighted by Crippen LogP contribution is -2.38. The number of aliphatic hydroxyl groups is 1. The first-order valence-electron chi connectivity index (χ1n) is 5.67. The topological polar surface area (TPSA) is 91.3 Å². The van der Waals surface area contributed by atoms with Gasteiger partial charge in [-0.3, -0.25) is 4.18 Å². The Hall–Kier alpha value is -0.250. The summed E-state index contributed by atoms with van der Waals surface area (Å²) in [5.41, 5.74) is -1.40. The minimum absolute atomic E-state index is 0.0912. The van der Waals surface area contributed by atoms with Crippen LogP contribution in [-0.4, -0.2) is 52.3 Å². The van der Waals surface area contributed by atoms with Crippen LogP contribution < -0.4 is 0 Å². The number of rotatable bonds is 10. The molecule has 7 nitrogen and oxygen atoms in total. The lowest BCUT2D eigenvalue weighted by molar-refractivity contribution is -0.170. The molecule has 0 rings (SSSR count). The second-order valence-electron chi connectivity index (χ2n) is 3.88. The van der Waals surface area contributed by atoms with Crippen LogP contribution in [0, 0.1) is 0 Å². The van der Waals surface area contributed by atoms with Gasteiger partial charge in [-0.25, -0.2) is 4.18 Å². The summed E-state index contributed by atoms with van der Waals surface area (Å²) in [7, 11) is -3.08. The molecular weight excluding hydrogens is 264 g/mol. The maximum atomic E-state index is 11.0. The van der Waals surface area contributed by atoms with Gasteiger partial charge in [-0.1, -0.05) is 0 Å². The van der Waals surface area contributed by atoms with E-state index >= 15 is 0 Å². The van der Waals surface area contributed by atoms with Gasteiger partial charge in [0.05, 0.1) is 19.3 Å². The van der Waals surface area contributed by atoms with Crippen molar-refractivity contribution < 1.29 is 31.4 Å². The molecule has 0 amide bonds. The van der Waals surface area contributed by atoms with Crippen LogP contribution in [0.3, 0.4) is 0 Å². The zero-order valence-corrected chi connectivity index (χ0v) is 12.0. The van der Waals surface area contributed by atoms with Gasteiger partial charge in [0, 0.05) is 19.6 Å². The van der Waals surface area contributed by atoms with Crippen LogP contribution in [0.25, 0.3) is 0 Å². The van der Waals surface area contributed by atoms with E-state index < -0.39 is 28.9 Å². The van der Waals surface area contributed by atoms with Crippen LogP contribution >= 0.6 is 0 Å². The van der Waals surface area contributed by atoms with Crippen molar-refractivity contribution in [2.75, 3.05) is 26.9 Å². The summed E-state index contributed by atoms with van der Waals surface area (Å²) in [4.78, 5) is 0. The van der Waals surface area contributed by atoms with Crippen molar-refractivity contribution in [3.05, 3.63) is 0 Å². The molecule has 0 aliphatic rings. The predicted molar refractivity (Wildman–Crippen MR) is 64.2 cm³/mol. The average Bonchev–Trinajstić information content (AvgIpc) is 2.27. The van der Waals surface area contributed by atoms with Gasteiger partial charge in [0.25, 0.3) is 0 Å². The quantitative estimate of drug-likeness (QED) is 0.582. The molecule has 0 aliphatic carbocycles. The lowest BCUT2D eigenvalue weighted by atomic mass is 10.0. The van der Waals surface area contributed by atoms with E-state index in [2.05, 4.69) is 8.37 Å². The summed E-state index contributed by atoms with van der Waals surface area (Å²) in [6.45, 7) is 5.46. The summed E-state index contributed by atoms with van der Waals surface area (Å²) in [6.07, 6.45) is -0.516. The van der Waals surface area contributed by atoms with Crippen LogP contribution in [0.4, 0.5) is 0 Å². The maximum absolute atomic E-state index is 11.0. The van der Waals surface area contributed by atoms with Gasteiger partial charge < -0.3 is 14.6 Å². The monoisotopic (exact) mass is 286 g/mol. The summed E-state index contributed by atoms with van der Waals surface area (Å²) in [5.74, 6) is 0. The molecule has 0 aromatic carbocycles. The van der Waals surface area contributed by atoms with Crippen molar-refractivity contribution in [1.82, 2.24) is 0 Å². The van der Waals surface area contributed by atoms with Gasteiger partial charge in [0.1, 0.15) is 0 Å². The first-order valence-corrected chi connectivity index (χ1v) is 7.00. The molecule has 18 heavy (non-hydrogen) atoms. The molecule has 0 aromatic rings. The molecule has 0 bridgehead atoms. The standard InChI is InChI=1S/C10H22O7S/c1-5-15-9(16-6-2)7-10(3,11)8-17-18(12,13)14-4/h9,11H,5-8H2,1-4H3. The van der Waals surface area contributed by atoms with E-state index in [-0.39, 0.29) is 6.42 Å². The summed E-state index contributed by atoms with van der Waals surface area (Å²) in [5, 5.41) is 9.99. The summed E-state index contributed by atoms with van der Waals surface area (Å²) in [6, 6.07) is 0. The fourth-order valence-electron chi connectivity index (χ4n) is 1.20. The van der Waals surface area contributed by atoms with E-state index in [0.29, 0.717) is 13.2 Å². The minimum Gasteiger partial charge on any atom is -0.388 e. The second-order valence-corrected chi connectivity index (χ2v) is 5.26. The Bertz CT molecular complexity index is 306. The molecule has 0 saturated carbocycles. The number of ether oxygens (including phenoxy) is 2. The smallest absolute Gasteiger partial charge is 0.388 e. The normalized spacial score (nSPS) is 15.9. The van der Waals surface area contributed by atoms with Crippen LogP contribution in [0.1, 0.15) is 27.2 Å². The van der Waals surface area contributed by atoms with Crippen molar-refractivity contribution >= 4 is 10.4 Å². The molecule has 1 N–H and O–H groups in total. The first-order chi connectivity index (χ1) is 8.26. The van der Waals surface area contributed by atoms with Crippen LogP contribution in [0.2, 0.25) is 0 Å². The van der Waals surface area contributed by atoms with Crippen molar-refractivity contribution in [2.24, 2.45) is 0 Å². The molecule has 110 valence electrons. The molecule has 1 unspecified atom stereocenters. The van der Waals surface area contributed by atoms with Gasteiger partial charge in [-0.2, -0.15) is 8.42 Å². The Balaban J connectivity index is 4.34. The summed E-state index contributed by atoms with van der Waals surface area (Å²) >= 11 is 0. The lowest BCUT2D eigenvalue weighted by Gasteiger charge is -2.27. The molecule has 0 spiro atoms. The highest BCUT2D eigenvalue weighted by Crippen LogP contribution is 2.17. The minimum atomic E-state index is -4.05. The van der Waals surface area contributed by atoms with E-state index in [0.717, 1.165) is 7.11 Å².